The number of aromatic nitrogens is 1. The van der Waals surface area contributed by atoms with Gasteiger partial charge in [0.15, 0.2) is 0 Å². The minimum Gasteiger partial charge on any atom is -0.395 e. The van der Waals surface area contributed by atoms with Crippen LogP contribution in [-0.4, -0.2) is 52.3 Å². The van der Waals surface area contributed by atoms with Gasteiger partial charge in [-0.3, -0.25) is 4.79 Å². The molecule has 0 fully saturated rings. The molecule has 2 N–H and O–H groups in total. The number of carbonyl (C=O) groups excluding carboxylic acids is 1. The molecule has 0 saturated heterocycles. The molecule has 1 amide bonds. The Kier molecular flexibility index (Phi) is 6.55. The third kappa shape index (κ3) is 4.71. The minimum atomic E-state index is -0.111. The highest BCUT2D eigenvalue weighted by Gasteiger charge is 2.17. The quantitative estimate of drug-likeness (QED) is 0.626. The smallest absolute Gasteiger partial charge is 0.228 e. The van der Waals surface area contributed by atoms with E-state index in [4.69, 9.17) is 10.2 Å². The Bertz CT molecular complexity index is 911. The number of aliphatic hydroxyl groups is 2. The molecule has 1 heterocycles. The zero-order chi connectivity index (χ0) is 19.2. The van der Waals surface area contributed by atoms with Crippen molar-refractivity contribution in [1.29, 1.82) is 0 Å². The molecule has 2 aromatic carbocycles. The Morgan fingerprint density at radius 2 is 1.78 bits per heavy atom. The van der Waals surface area contributed by atoms with Crippen molar-refractivity contribution in [2.45, 2.75) is 19.8 Å². The number of benzene rings is 2. The molecule has 0 aliphatic rings. The Balaban J connectivity index is 1.77. The third-order valence-corrected chi connectivity index (χ3v) is 5.72. The minimum absolute atomic E-state index is 0.0958. The molecule has 0 saturated carbocycles. The lowest BCUT2D eigenvalue weighted by molar-refractivity contribution is -0.131. The first-order valence-electron chi connectivity index (χ1n) is 9.03. The van der Waals surface area contributed by atoms with Crippen LogP contribution in [0, 0.1) is 6.92 Å². The maximum atomic E-state index is 12.5. The van der Waals surface area contributed by atoms with Gasteiger partial charge in [-0.1, -0.05) is 42.5 Å². The highest BCUT2D eigenvalue weighted by Crippen LogP contribution is 2.25. The summed E-state index contributed by atoms with van der Waals surface area (Å²) in [6, 6.07) is 14.6. The molecule has 0 atom stereocenters. The van der Waals surface area contributed by atoms with Crippen molar-refractivity contribution in [3.8, 4) is 0 Å². The fraction of sp³-hybridized carbons (Fsp3) is 0.333. The number of hydrogen-bond donors (Lipinski definition) is 2. The first-order valence-corrected chi connectivity index (χ1v) is 9.85. The lowest BCUT2D eigenvalue weighted by atomic mass is 10.0. The Labute approximate surface area is 162 Å². The van der Waals surface area contributed by atoms with Gasteiger partial charge in [0.25, 0.3) is 0 Å². The standard InChI is InChI=1S/C21H24N2O3S/c1-15-19(14-21(26)23(9-11-24)10-12-25)27-20(22-15)13-17-7-4-6-16-5-2-3-8-18(16)17/h2-8,24-25H,9-14H2,1H3. The summed E-state index contributed by atoms with van der Waals surface area (Å²) in [5.41, 5.74) is 2.10. The van der Waals surface area contributed by atoms with Crippen LogP contribution in [-0.2, 0) is 17.6 Å². The molecule has 0 bridgehead atoms. The van der Waals surface area contributed by atoms with Crippen LogP contribution in [0.15, 0.2) is 42.5 Å². The summed E-state index contributed by atoms with van der Waals surface area (Å²) in [6.45, 7) is 2.17. The van der Waals surface area contributed by atoms with Gasteiger partial charge in [-0.2, -0.15) is 0 Å². The van der Waals surface area contributed by atoms with E-state index in [0.717, 1.165) is 22.0 Å². The van der Waals surface area contributed by atoms with E-state index in [1.165, 1.54) is 21.2 Å². The maximum Gasteiger partial charge on any atom is 0.228 e. The molecule has 3 rings (SSSR count). The number of fused-ring (bicyclic) bond motifs is 1. The molecule has 0 aliphatic carbocycles. The Morgan fingerprint density at radius 3 is 2.52 bits per heavy atom. The molecule has 0 radical (unpaired) electrons. The van der Waals surface area contributed by atoms with Crippen LogP contribution >= 0.6 is 11.3 Å². The van der Waals surface area contributed by atoms with Crippen molar-refractivity contribution in [2.24, 2.45) is 0 Å². The van der Waals surface area contributed by atoms with Gasteiger partial charge in [0.2, 0.25) is 5.91 Å². The topological polar surface area (TPSA) is 73.7 Å². The molecule has 6 heteroatoms. The van der Waals surface area contributed by atoms with Crippen LogP contribution in [0.1, 0.15) is 21.1 Å². The summed E-state index contributed by atoms with van der Waals surface area (Å²) in [5, 5.41) is 21.6. The molecular weight excluding hydrogens is 360 g/mol. The van der Waals surface area contributed by atoms with E-state index >= 15 is 0 Å². The first-order chi connectivity index (χ1) is 13.1. The van der Waals surface area contributed by atoms with Gasteiger partial charge in [0, 0.05) is 24.4 Å². The van der Waals surface area contributed by atoms with Gasteiger partial charge in [0.05, 0.1) is 30.3 Å². The molecular formula is C21H24N2O3S. The van der Waals surface area contributed by atoms with Gasteiger partial charge < -0.3 is 15.1 Å². The van der Waals surface area contributed by atoms with Gasteiger partial charge in [0.1, 0.15) is 0 Å². The summed E-state index contributed by atoms with van der Waals surface area (Å²) in [6.07, 6.45) is 0.983. The second kappa shape index (κ2) is 9.08. The number of hydrogen-bond acceptors (Lipinski definition) is 5. The fourth-order valence-electron chi connectivity index (χ4n) is 3.19. The van der Waals surface area contributed by atoms with Crippen LogP contribution in [0.25, 0.3) is 10.8 Å². The van der Waals surface area contributed by atoms with Crippen molar-refractivity contribution in [3.63, 3.8) is 0 Å². The van der Waals surface area contributed by atoms with Crippen LogP contribution < -0.4 is 0 Å². The van der Waals surface area contributed by atoms with E-state index in [-0.39, 0.29) is 38.6 Å². The maximum absolute atomic E-state index is 12.5. The molecule has 27 heavy (non-hydrogen) atoms. The average molecular weight is 385 g/mol. The third-order valence-electron chi connectivity index (χ3n) is 4.56. The van der Waals surface area contributed by atoms with E-state index in [1.807, 2.05) is 19.1 Å². The van der Waals surface area contributed by atoms with Crippen molar-refractivity contribution >= 4 is 28.0 Å². The predicted octanol–water partition coefficient (Wildman–Crippen LogP) is 2.55. The van der Waals surface area contributed by atoms with Gasteiger partial charge in [-0.25, -0.2) is 4.98 Å². The summed E-state index contributed by atoms with van der Waals surface area (Å²) in [4.78, 5) is 19.6. The highest BCUT2D eigenvalue weighted by atomic mass is 32.1. The second-order valence-corrected chi connectivity index (χ2v) is 7.60. The van der Waals surface area contributed by atoms with E-state index in [0.29, 0.717) is 0 Å². The summed E-state index contributed by atoms with van der Waals surface area (Å²) in [7, 11) is 0. The highest BCUT2D eigenvalue weighted by molar-refractivity contribution is 7.11. The molecule has 0 spiro atoms. The largest absolute Gasteiger partial charge is 0.395 e. The predicted molar refractivity (Wildman–Crippen MR) is 108 cm³/mol. The number of carbonyl (C=O) groups is 1. The Hall–Kier alpha value is -2.28. The number of aryl methyl sites for hydroxylation is 1. The van der Waals surface area contributed by atoms with E-state index in [1.54, 1.807) is 11.3 Å². The molecule has 5 nitrogen and oxygen atoms in total. The van der Waals surface area contributed by atoms with E-state index in [2.05, 4.69) is 35.3 Å². The summed E-state index contributed by atoms with van der Waals surface area (Å²) in [5.74, 6) is -0.0958. The number of nitrogens with zero attached hydrogens (tertiary/aromatic N) is 2. The van der Waals surface area contributed by atoms with Crippen molar-refractivity contribution in [3.05, 3.63) is 63.6 Å². The van der Waals surface area contributed by atoms with Crippen LogP contribution in [0.4, 0.5) is 0 Å². The summed E-state index contributed by atoms with van der Waals surface area (Å²) < 4.78 is 0. The number of amides is 1. The first kappa shape index (κ1) is 19.5. The number of thiazole rings is 1. The molecule has 0 aliphatic heterocycles. The van der Waals surface area contributed by atoms with Crippen molar-refractivity contribution < 1.29 is 15.0 Å². The molecule has 3 aromatic rings. The summed E-state index contributed by atoms with van der Waals surface area (Å²) >= 11 is 1.56. The number of rotatable bonds is 8. The van der Waals surface area contributed by atoms with Crippen LogP contribution in [0.5, 0.6) is 0 Å². The van der Waals surface area contributed by atoms with Crippen molar-refractivity contribution in [1.82, 2.24) is 9.88 Å². The number of aliphatic hydroxyl groups excluding tert-OH is 2. The Morgan fingerprint density at radius 1 is 1.07 bits per heavy atom. The van der Waals surface area contributed by atoms with Crippen molar-refractivity contribution in [2.75, 3.05) is 26.3 Å². The van der Waals surface area contributed by atoms with Crippen LogP contribution in [0.3, 0.4) is 0 Å². The zero-order valence-electron chi connectivity index (χ0n) is 15.4. The fourth-order valence-corrected chi connectivity index (χ4v) is 4.27. The lowest BCUT2D eigenvalue weighted by Gasteiger charge is -2.20. The average Bonchev–Trinajstić information content (AvgIpc) is 3.01. The van der Waals surface area contributed by atoms with E-state index < -0.39 is 0 Å². The monoisotopic (exact) mass is 384 g/mol. The molecule has 1 aromatic heterocycles. The van der Waals surface area contributed by atoms with Gasteiger partial charge in [-0.05, 0) is 23.3 Å². The molecule has 142 valence electrons. The lowest BCUT2D eigenvalue weighted by Crippen LogP contribution is -2.36. The molecule has 0 unspecified atom stereocenters. The normalized spacial score (nSPS) is 11.1. The zero-order valence-corrected chi connectivity index (χ0v) is 16.2. The van der Waals surface area contributed by atoms with Crippen LogP contribution in [0.2, 0.25) is 0 Å². The van der Waals surface area contributed by atoms with E-state index in [9.17, 15) is 4.79 Å². The SMILES string of the molecule is Cc1nc(Cc2cccc3ccccc23)sc1CC(=O)N(CCO)CCO. The van der Waals surface area contributed by atoms with Gasteiger partial charge in [-0.15, -0.1) is 11.3 Å². The second-order valence-electron chi connectivity index (χ2n) is 6.44. The van der Waals surface area contributed by atoms with Gasteiger partial charge >= 0.3 is 0 Å².